The van der Waals surface area contributed by atoms with E-state index in [1.807, 2.05) is 0 Å². The third-order valence-corrected chi connectivity index (χ3v) is 2.85. The molecule has 1 aliphatic heterocycles. The molecule has 0 atom stereocenters. The maximum absolute atomic E-state index is 11.5. The van der Waals surface area contributed by atoms with E-state index in [1.165, 1.54) is 7.11 Å². The number of nitrogens with two attached hydrogens (primary N) is 1. The molecule has 1 heterocycles. The van der Waals surface area contributed by atoms with Crippen LogP contribution in [0.1, 0.15) is 19.3 Å². The molecule has 0 aromatic heterocycles. The Balaban J connectivity index is 2.26. The van der Waals surface area contributed by atoms with Gasteiger partial charge in [0.05, 0.1) is 0 Å². The van der Waals surface area contributed by atoms with Crippen molar-refractivity contribution in [1.29, 1.82) is 0 Å². The van der Waals surface area contributed by atoms with Gasteiger partial charge in [0, 0.05) is 39.2 Å². The van der Waals surface area contributed by atoms with Crippen LogP contribution in [0.3, 0.4) is 0 Å². The molecule has 1 saturated heterocycles. The average Bonchev–Trinajstić information content (AvgIpc) is 2.30. The number of likely N-dealkylation sites (tertiary alicyclic amines) is 1. The van der Waals surface area contributed by atoms with Crippen molar-refractivity contribution in [3.8, 4) is 0 Å². The first-order chi connectivity index (χ1) is 8.17. The molecule has 1 fully saturated rings. The Hall–Kier alpha value is -1.14. The minimum absolute atomic E-state index is 0.00540. The fraction of sp³-hybridized carbons (Fsp3) is 0.818. The highest BCUT2D eigenvalue weighted by atomic mass is 16.5. The van der Waals surface area contributed by atoms with Gasteiger partial charge in [0.1, 0.15) is 6.61 Å². The topological polar surface area (TPSA) is 84.7 Å². The molecule has 2 amide bonds. The minimum Gasteiger partial charge on any atom is -0.375 e. The summed E-state index contributed by atoms with van der Waals surface area (Å²) in [4.78, 5) is 24.6. The summed E-state index contributed by atoms with van der Waals surface area (Å²) in [7, 11) is 1.51. The molecule has 17 heavy (non-hydrogen) atoms. The molecule has 6 nitrogen and oxygen atoms in total. The molecule has 0 aliphatic carbocycles. The molecule has 98 valence electrons. The second-order valence-corrected chi connectivity index (χ2v) is 4.19. The van der Waals surface area contributed by atoms with Crippen molar-refractivity contribution < 1.29 is 14.3 Å². The van der Waals surface area contributed by atoms with E-state index < -0.39 is 0 Å². The van der Waals surface area contributed by atoms with Crippen molar-refractivity contribution in [3.63, 3.8) is 0 Å². The second-order valence-electron chi connectivity index (χ2n) is 4.19. The standard InChI is InChI=1S/C11H21N3O3/c1-17-8-11(16)14-6-3-9(4-7-14)13-10(15)2-5-12/h9H,2-8,12H2,1H3,(H,13,15). The van der Waals surface area contributed by atoms with Crippen molar-refractivity contribution >= 4 is 11.8 Å². The summed E-state index contributed by atoms with van der Waals surface area (Å²) in [5.41, 5.74) is 5.30. The Morgan fingerprint density at radius 1 is 1.41 bits per heavy atom. The van der Waals surface area contributed by atoms with Gasteiger partial charge in [0.2, 0.25) is 11.8 Å². The summed E-state index contributed by atoms with van der Waals surface area (Å²) < 4.78 is 4.81. The van der Waals surface area contributed by atoms with E-state index in [4.69, 9.17) is 10.5 Å². The third-order valence-electron chi connectivity index (χ3n) is 2.85. The number of nitrogens with one attached hydrogen (secondary N) is 1. The Morgan fingerprint density at radius 3 is 2.59 bits per heavy atom. The van der Waals surface area contributed by atoms with Crippen molar-refractivity contribution in [1.82, 2.24) is 10.2 Å². The van der Waals surface area contributed by atoms with E-state index in [1.54, 1.807) is 4.90 Å². The first-order valence-corrected chi connectivity index (χ1v) is 5.93. The normalized spacial score (nSPS) is 16.9. The van der Waals surface area contributed by atoms with Gasteiger partial charge in [-0.1, -0.05) is 0 Å². The van der Waals surface area contributed by atoms with E-state index in [0.29, 0.717) is 26.1 Å². The zero-order valence-corrected chi connectivity index (χ0v) is 10.3. The fourth-order valence-electron chi connectivity index (χ4n) is 1.92. The number of nitrogens with zero attached hydrogens (tertiary/aromatic N) is 1. The molecular formula is C11H21N3O3. The first kappa shape index (κ1) is 13.9. The van der Waals surface area contributed by atoms with E-state index in [9.17, 15) is 9.59 Å². The van der Waals surface area contributed by atoms with E-state index >= 15 is 0 Å². The monoisotopic (exact) mass is 243 g/mol. The molecule has 0 aromatic rings. The zero-order valence-electron chi connectivity index (χ0n) is 10.3. The van der Waals surface area contributed by atoms with Crippen LogP contribution in [0, 0.1) is 0 Å². The third kappa shape index (κ3) is 4.70. The predicted octanol–water partition coefficient (Wildman–Crippen LogP) is -0.911. The Morgan fingerprint density at radius 2 is 2.06 bits per heavy atom. The SMILES string of the molecule is COCC(=O)N1CCC(NC(=O)CCN)CC1. The number of carbonyl (C=O) groups excluding carboxylic acids is 2. The average molecular weight is 243 g/mol. The molecule has 0 aromatic carbocycles. The van der Waals surface area contributed by atoms with Crippen LogP contribution in [0.2, 0.25) is 0 Å². The second kappa shape index (κ2) is 7.24. The molecule has 3 N–H and O–H groups in total. The van der Waals surface area contributed by atoms with Crippen LogP contribution in [0.4, 0.5) is 0 Å². The molecule has 0 spiro atoms. The molecular weight excluding hydrogens is 222 g/mol. The van der Waals surface area contributed by atoms with Gasteiger partial charge in [0.25, 0.3) is 0 Å². The largest absolute Gasteiger partial charge is 0.375 e. The maximum atomic E-state index is 11.5. The number of piperidine rings is 1. The summed E-state index contributed by atoms with van der Waals surface area (Å²) in [6, 6.07) is 0.167. The van der Waals surface area contributed by atoms with Gasteiger partial charge < -0.3 is 20.7 Å². The Labute approximate surface area is 101 Å². The lowest BCUT2D eigenvalue weighted by Gasteiger charge is -2.32. The summed E-state index contributed by atoms with van der Waals surface area (Å²) in [5.74, 6) is 0.00778. The first-order valence-electron chi connectivity index (χ1n) is 5.93. The highest BCUT2D eigenvalue weighted by Gasteiger charge is 2.23. The van der Waals surface area contributed by atoms with Crippen LogP contribution in [0.15, 0.2) is 0 Å². The van der Waals surface area contributed by atoms with Gasteiger partial charge in [-0.3, -0.25) is 9.59 Å². The number of hydrogen-bond acceptors (Lipinski definition) is 4. The highest BCUT2D eigenvalue weighted by Crippen LogP contribution is 2.10. The Bertz CT molecular complexity index is 263. The molecule has 6 heteroatoms. The van der Waals surface area contributed by atoms with Gasteiger partial charge >= 0.3 is 0 Å². The van der Waals surface area contributed by atoms with Gasteiger partial charge in [0.15, 0.2) is 0 Å². The number of rotatable bonds is 5. The van der Waals surface area contributed by atoms with Crippen LogP contribution in [-0.2, 0) is 14.3 Å². The molecule has 0 saturated carbocycles. The van der Waals surface area contributed by atoms with Crippen molar-refractivity contribution in [2.45, 2.75) is 25.3 Å². The van der Waals surface area contributed by atoms with Gasteiger partial charge in [-0.25, -0.2) is 0 Å². The smallest absolute Gasteiger partial charge is 0.248 e. The van der Waals surface area contributed by atoms with Gasteiger partial charge in [-0.05, 0) is 12.8 Å². The Kier molecular flexibility index (Phi) is 5.93. The van der Waals surface area contributed by atoms with Crippen LogP contribution in [0.25, 0.3) is 0 Å². The van der Waals surface area contributed by atoms with E-state index in [2.05, 4.69) is 5.32 Å². The summed E-state index contributed by atoms with van der Waals surface area (Å²) in [5, 5.41) is 2.92. The number of ether oxygens (including phenoxy) is 1. The number of carbonyl (C=O) groups is 2. The summed E-state index contributed by atoms with van der Waals surface area (Å²) in [6.07, 6.45) is 1.96. The van der Waals surface area contributed by atoms with Crippen LogP contribution in [0.5, 0.6) is 0 Å². The highest BCUT2D eigenvalue weighted by molar-refractivity contribution is 5.78. The van der Waals surface area contributed by atoms with E-state index in [0.717, 1.165) is 12.8 Å². The van der Waals surface area contributed by atoms with Crippen molar-refractivity contribution in [3.05, 3.63) is 0 Å². The summed E-state index contributed by atoms with van der Waals surface area (Å²) >= 11 is 0. The fourth-order valence-corrected chi connectivity index (χ4v) is 1.92. The van der Waals surface area contributed by atoms with Crippen LogP contribution in [-0.4, -0.2) is 56.1 Å². The molecule has 0 radical (unpaired) electrons. The molecule has 0 unspecified atom stereocenters. The number of methoxy groups -OCH3 is 1. The number of amides is 2. The lowest BCUT2D eigenvalue weighted by Crippen LogP contribution is -2.47. The lowest BCUT2D eigenvalue weighted by molar-refractivity contribution is -0.136. The maximum Gasteiger partial charge on any atom is 0.248 e. The molecule has 1 rings (SSSR count). The van der Waals surface area contributed by atoms with Crippen molar-refractivity contribution in [2.75, 3.05) is 33.4 Å². The lowest BCUT2D eigenvalue weighted by atomic mass is 10.0. The number of hydrogen-bond donors (Lipinski definition) is 2. The van der Waals surface area contributed by atoms with E-state index in [-0.39, 0.29) is 24.5 Å². The predicted molar refractivity (Wildman–Crippen MR) is 63.3 cm³/mol. The van der Waals surface area contributed by atoms with Gasteiger partial charge in [-0.15, -0.1) is 0 Å². The zero-order chi connectivity index (χ0) is 12.7. The summed E-state index contributed by atoms with van der Waals surface area (Å²) in [6.45, 7) is 1.85. The molecule has 1 aliphatic rings. The quantitative estimate of drug-likeness (QED) is 0.654. The van der Waals surface area contributed by atoms with Crippen LogP contribution < -0.4 is 11.1 Å². The van der Waals surface area contributed by atoms with Crippen molar-refractivity contribution in [2.24, 2.45) is 5.73 Å². The minimum atomic E-state index is -0.00540. The van der Waals surface area contributed by atoms with Crippen LogP contribution >= 0.6 is 0 Å². The van der Waals surface area contributed by atoms with Gasteiger partial charge in [-0.2, -0.15) is 0 Å². The molecule has 0 bridgehead atoms.